The molecule has 2 aromatic rings. The molecule has 4 heteroatoms. The highest BCUT2D eigenvalue weighted by atomic mass is 16.5. The van der Waals surface area contributed by atoms with E-state index in [-0.39, 0.29) is 17.1 Å². The first-order valence-electron chi connectivity index (χ1n) is 9.64. The molecule has 0 aliphatic rings. The average molecular weight is 392 g/mol. The number of nitrogens with zero attached hydrogens (tertiary/aromatic N) is 1. The molecular weight excluding hydrogens is 362 g/mol. The number of carbonyl (C=O) groups excluding carboxylic acids is 2. The van der Waals surface area contributed by atoms with E-state index in [9.17, 15) is 9.59 Å². The van der Waals surface area contributed by atoms with Crippen LogP contribution in [0, 0.1) is 0 Å². The Morgan fingerprint density at radius 3 is 2.24 bits per heavy atom. The SMILES string of the molecule is C=CC(C)(C)c1ccc(OCC)c(/C=C/C(=O)c2ccc(C(=O)N(C)C)cc2)c1. The summed E-state index contributed by atoms with van der Waals surface area (Å²) < 4.78 is 5.71. The monoisotopic (exact) mass is 391 g/mol. The summed E-state index contributed by atoms with van der Waals surface area (Å²) in [5.74, 6) is 0.499. The Balaban J connectivity index is 2.29. The molecule has 0 fully saturated rings. The van der Waals surface area contributed by atoms with Gasteiger partial charge in [0.1, 0.15) is 5.75 Å². The van der Waals surface area contributed by atoms with Gasteiger partial charge >= 0.3 is 0 Å². The van der Waals surface area contributed by atoms with Crippen molar-refractivity contribution < 1.29 is 14.3 Å². The minimum Gasteiger partial charge on any atom is -0.493 e. The van der Waals surface area contributed by atoms with Crippen LogP contribution in [0.1, 0.15) is 52.6 Å². The van der Waals surface area contributed by atoms with Crippen molar-refractivity contribution in [2.45, 2.75) is 26.2 Å². The first-order valence-corrected chi connectivity index (χ1v) is 9.64. The second-order valence-electron chi connectivity index (χ2n) is 7.59. The molecule has 0 radical (unpaired) electrons. The topological polar surface area (TPSA) is 46.6 Å². The molecule has 0 spiro atoms. The number of hydrogen-bond donors (Lipinski definition) is 0. The number of rotatable bonds is 8. The van der Waals surface area contributed by atoms with Gasteiger partial charge in [0.2, 0.25) is 0 Å². The Hall–Kier alpha value is -3.14. The van der Waals surface area contributed by atoms with Gasteiger partial charge in [0.25, 0.3) is 5.91 Å². The Labute approximate surface area is 173 Å². The number of ketones is 1. The van der Waals surface area contributed by atoms with Gasteiger partial charge in [-0.2, -0.15) is 0 Å². The van der Waals surface area contributed by atoms with E-state index in [0.29, 0.717) is 17.7 Å². The molecule has 152 valence electrons. The van der Waals surface area contributed by atoms with Crippen molar-refractivity contribution in [1.29, 1.82) is 0 Å². The average Bonchev–Trinajstić information content (AvgIpc) is 2.72. The predicted octanol–water partition coefficient (Wildman–Crippen LogP) is 5.15. The van der Waals surface area contributed by atoms with E-state index in [2.05, 4.69) is 20.4 Å². The Kier molecular flexibility index (Phi) is 7.16. The minimum absolute atomic E-state index is 0.0949. The van der Waals surface area contributed by atoms with Crippen LogP contribution in [-0.2, 0) is 5.41 Å². The van der Waals surface area contributed by atoms with E-state index in [1.165, 1.54) is 11.0 Å². The zero-order chi connectivity index (χ0) is 21.6. The molecule has 0 aliphatic carbocycles. The lowest BCUT2D eigenvalue weighted by Gasteiger charge is -2.21. The van der Waals surface area contributed by atoms with Gasteiger partial charge in [0, 0.05) is 36.2 Å². The van der Waals surface area contributed by atoms with Gasteiger partial charge in [-0.1, -0.05) is 38.1 Å². The summed E-state index contributed by atoms with van der Waals surface area (Å²) in [6.45, 7) is 10.6. The van der Waals surface area contributed by atoms with Crippen molar-refractivity contribution >= 4 is 17.8 Å². The molecule has 0 aromatic heterocycles. The number of benzene rings is 2. The number of amides is 1. The van der Waals surface area contributed by atoms with Crippen molar-refractivity contribution in [3.63, 3.8) is 0 Å². The van der Waals surface area contributed by atoms with Crippen LogP contribution in [0.3, 0.4) is 0 Å². The van der Waals surface area contributed by atoms with Crippen molar-refractivity contribution in [1.82, 2.24) is 4.90 Å². The maximum Gasteiger partial charge on any atom is 0.253 e. The maximum atomic E-state index is 12.6. The van der Waals surface area contributed by atoms with E-state index in [4.69, 9.17) is 4.74 Å². The molecule has 29 heavy (non-hydrogen) atoms. The quantitative estimate of drug-likeness (QED) is 0.355. The lowest BCUT2D eigenvalue weighted by atomic mass is 9.84. The first kappa shape index (κ1) is 22.2. The molecule has 4 nitrogen and oxygen atoms in total. The van der Waals surface area contributed by atoms with Gasteiger partial charge in [-0.3, -0.25) is 9.59 Å². The van der Waals surface area contributed by atoms with Gasteiger partial charge in [0.15, 0.2) is 5.78 Å². The van der Waals surface area contributed by atoms with Crippen molar-refractivity contribution in [2.75, 3.05) is 20.7 Å². The normalized spacial score (nSPS) is 11.3. The smallest absolute Gasteiger partial charge is 0.253 e. The summed E-state index contributed by atoms with van der Waals surface area (Å²) in [5.41, 5.74) is 2.82. The van der Waals surface area contributed by atoms with Gasteiger partial charge in [0.05, 0.1) is 6.61 Å². The predicted molar refractivity (Wildman–Crippen MR) is 119 cm³/mol. The highest BCUT2D eigenvalue weighted by molar-refractivity contribution is 6.07. The zero-order valence-corrected chi connectivity index (χ0v) is 17.9. The molecule has 1 amide bonds. The zero-order valence-electron chi connectivity index (χ0n) is 17.9. The summed E-state index contributed by atoms with van der Waals surface area (Å²) in [6, 6.07) is 12.6. The van der Waals surface area contributed by atoms with E-state index >= 15 is 0 Å². The van der Waals surface area contributed by atoms with E-state index in [0.717, 1.165) is 16.9 Å². The lowest BCUT2D eigenvalue weighted by Crippen LogP contribution is -2.21. The van der Waals surface area contributed by atoms with Crippen LogP contribution in [0.2, 0.25) is 0 Å². The van der Waals surface area contributed by atoms with Crippen LogP contribution in [-0.4, -0.2) is 37.3 Å². The highest BCUT2D eigenvalue weighted by Crippen LogP contribution is 2.30. The number of ether oxygens (including phenoxy) is 1. The van der Waals surface area contributed by atoms with Crippen molar-refractivity contribution in [3.05, 3.63) is 83.4 Å². The molecule has 0 unspecified atom stereocenters. The third kappa shape index (κ3) is 5.44. The second-order valence-corrected chi connectivity index (χ2v) is 7.59. The van der Waals surface area contributed by atoms with Crippen LogP contribution in [0.5, 0.6) is 5.75 Å². The van der Waals surface area contributed by atoms with E-state index in [1.54, 1.807) is 44.4 Å². The molecule has 0 saturated heterocycles. The van der Waals surface area contributed by atoms with Gasteiger partial charge in [-0.25, -0.2) is 0 Å². The number of hydrogen-bond acceptors (Lipinski definition) is 3. The molecule has 2 rings (SSSR count). The summed E-state index contributed by atoms with van der Waals surface area (Å²) >= 11 is 0. The highest BCUT2D eigenvalue weighted by Gasteiger charge is 2.17. The van der Waals surface area contributed by atoms with Crippen LogP contribution in [0.4, 0.5) is 0 Å². The molecule has 0 aliphatic heterocycles. The summed E-state index contributed by atoms with van der Waals surface area (Å²) in [6.07, 6.45) is 5.21. The summed E-state index contributed by atoms with van der Waals surface area (Å²) in [7, 11) is 3.39. The van der Waals surface area contributed by atoms with Crippen LogP contribution in [0.25, 0.3) is 6.08 Å². The molecule has 0 bridgehead atoms. The minimum atomic E-state index is -0.188. The third-order valence-corrected chi connectivity index (χ3v) is 4.80. The fourth-order valence-corrected chi connectivity index (χ4v) is 2.78. The van der Waals surface area contributed by atoms with Gasteiger partial charge in [-0.05, 0) is 48.9 Å². The third-order valence-electron chi connectivity index (χ3n) is 4.80. The Morgan fingerprint density at radius 1 is 1.07 bits per heavy atom. The van der Waals surface area contributed by atoms with Crippen LogP contribution < -0.4 is 4.74 Å². The summed E-state index contributed by atoms with van der Waals surface area (Å²) in [4.78, 5) is 26.1. The number of carbonyl (C=O) groups is 2. The van der Waals surface area contributed by atoms with Crippen LogP contribution >= 0.6 is 0 Å². The van der Waals surface area contributed by atoms with Crippen molar-refractivity contribution in [2.24, 2.45) is 0 Å². The molecular formula is C25H29NO3. The van der Waals surface area contributed by atoms with Gasteiger partial charge in [-0.15, -0.1) is 6.58 Å². The molecule has 0 saturated carbocycles. The maximum absolute atomic E-state index is 12.6. The lowest BCUT2D eigenvalue weighted by molar-refractivity contribution is 0.0827. The number of allylic oxidation sites excluding steroid dienone is 2. The molecule has 2 aromatic carbocycles. The second kappa shape index (κ2) is 9.37. The van der Waals surface area contributed by atoms with E-state index < -0.39 is 0 Å². The fraction of sp³-hybridized carbons (Fsp3) is 0.280. The largest absolute Gasteiger partial charge is 0.493 e. The van der Waals surface area contributed by atoms with Gasteiger partial charge < -0.3 is 9.64 Å². The Bertz CT molecular complexity index is 922. The Morgan fingerprint density at radius 2 is 1.69 bits per heavy atom. The molecule has 0 heterocycles. The molecule has 0 atom stereocenters. The standard InChI is InChI=1S/C25H29NO3/c1-7-25(3,4)21-14-16-23(29-8-2)20(17-21)13-15-22(27)18-9-11-19(12-10-18)24(28)26(5)6/h7,9-17H,1,8H2,2-6H3/b15-13+. The van der Waals surface area contributed by atoms with Crippen LogP contribution in [0.15, 0.2) is 61.2 Å². The van der Waals surface area contributed by atoms with E-state index in [1.807, 2.05) is 31.2 Å². The fourth-order valence-electron chi connectivity index (χ4n) is 2.78. The van der Waals surface area contributed by atoms with Crippen molar-refractivity contribution in [3.8, 4) is 5.75 Å². The first-order chi connectivity index (χ1) is 13.7. The molecule has 0 N–H and O–H groups in total. The summed E-state index contributed by atoms with van der Waals surface area (Å²) in [5, 5.41) is 0.